The summed E-state index contributed by atoms with van der Waals surface area (Å²) in [5.41, 5.74) is 6.61. The molecule has 0 radical (unpaired) electrons. The molecule has 0 aromatic heterocycles. The van der Waals surface area contributed by atoms with Gasteiger partial charge in [0.15, 0.2) is 0 Å². The Morgan fingerprint density at radius 1 is 1.26 bits per heavy atom. The van der Waals surface area contributed by atoms with Gasteiger partial charge < -0.3 is 10.6 Å². The number of anilines is 1. The van der Waals surface area contributed by atoms with E-state index in [0.29, 0.717) is 0 Å². The van der Waals surface area contributed by atoms with E-state index in [-0.39, 0.29) is 11.9 Å². The molecular weight excluding hydrogens is 262 g/mol. The van der Waals surface area contributed by atoms with Crippen LogP contribution in [0.4, 0.5) is 5.69 Å². The molecule has 0 spiro atoms. The topological polar surface area (TPSA) is 49.6 Å². The van der Waals surface area contributed by atoms with E-state index in [4.69, 9.17) is 17.3 Å². The lowest BCUT2D eigenvalue weighted by molar-refractivity contribution is -0.123. The van der Waals surface area contributed by atoms with Crippen molar-refractivity contribution in [3.05, 3.63) is 29.3 Å². The maximum Gasteiger partial charge on any atom is 0.234 e. The minimum absolute atomic E-state index is 0.132. The summed E-state index contributed by atoms with van der Waals surface area (Å²) < 4.78 is 0. The summed E-state index contributed by atoms with van der Waals surface area (Å²) in [5.74, 6) is -0.220. The summed E-state index contributed by atoms with van der Waals surface area (Å²) >= 11 is 5.89. The van der Waals surface area contributed by atoms with Crippen LogP contribution in [0.5, 0.6) is 0 Å². The monoisotopic (exact) mass is 281 g/mol. The molecular formula is C14H20ClN3O. The van der Waals surface area contributed by atoms with Gasteiger partial charge in [0.05, 0.1) is 6.04 Å². The Hall–Kier alpha value is -1.26. The Morgan fingerprint density at radius 3 is 2.32 bits per heavy atom. The predicted octanol–water partition coefficient (Wildman–Crippen LogP) is 1.73. The molecule has 1 aliphatic heterocycles. The van der Waals surface area contributed by atoms with Gasteiger partial charge in [0.25, 0.3) is 0 Å². The van der Waals surface area contributed by atoms with Crippen LogP contribution in [0.2, 0.25) is 5.02 Å². The highest BCUT2D eigenvalue weighted by molar-refractivity contribution is 6.30. The van der Waals surface area contributed by atoms with Gasteiger partial charge in [-0.15, -0.1) is 0 Å². The molecule has 0 saturated carbocycles. The van der Waals surface area contributed by atoms with E-state index in [2.05, 4.69) is 9.80 Å². The fourth-order valence-corrected chi connectivity index (χ4v) is 2.71. The van der Waals surface area contributed by atoms with Gasteiger partial charge in [0.2, 0.25) is 5.91 Å². The van der Waals surface area contributed by atoms with E-state index in [1.54, 1.807) is 0 Å². The maximum atomic E-state index is 11.4. The smallest absolute Gasteiger partial charge is 0.234 e. The first-order valence-corrected chi connectivity index (χ1v) is 7.03. The van der Waals surface area contributed by atoms with E-state index >= 15 is 0 Å². The molecule has 1 saturated heterocycles. The number of primary amides is 1. The third-order valence-corrected chi connectivity index (χ3v) is 3.91. The van der Waals surface area contributed by atoms with Crippen molar-refractivity contribution in [1.82, 2.24) is 4.90 Å². The number of nitrogens with two attached hydrogens (primary N) is 1. The van der Waals surface area contributed by atoms with Gasteiger partial charge in [-0.2, -0.15) is 0 Å². The lowest BCUT2D eigenvalue weighted by atomic mass is 10.1. The van der Waals surface area contributed by atoms with Gasteiger partial charge in [-0.1, -0.05) is 18.5 Å². The molecule has 1 amide bonds. The van der Waals surface area contributed by atoms with Crippen LogP contribution in [0.25, 0.3) is 0 Å². The van der Waals surface area contributed by atoms with Crippen LogP contribution >= 0.6 is 11.6 Å². The quantitative estimate of drug-likeness (QED) is 0.914. The molecule has 0 aliphatic carbocycles. The Morgan fingerprint density at radius 2 is 1.84 bits per heavy atom. The number of hydrogen-bond acceptors (Lipinski definition) is 3. The molecule has 1 atom stereocenters. The number of halogens is 1. The fourth-order valence-electron chi connectivity index (χ4n) is 2.58. The standard InChI is InChI=1S/C14H20ClN3O/c1-2-13(14(16)19)18-9-7-17(8-10-18)12-5-3-11(15)4-6-12/h3-6,13H,2,7-10H2,1H3,(H2,16,19). The molecule has 1 unspecified atom stereocenters. The molecule has 4 nitrogen and oxygen atoms in total. The molecule has 2 N–H and O–H groups in total. The second-order valence-electron chi connectivity index (χ2n) is 4.83. The highest BCUT2D eigenvalue weighted by Crippen LogP contribution is 2.20. The SMILES string of the molecule is CCC(C(N)=O)N1CCN(c2ccc(Cl)cc2)CC1. The first kappa shape index (κ1) is 14.2. The molecule has 0 bridgehead atoms. The molecule has 2 rings (SSSR count). The van der Waals surface area contributed by atoms with Crippen LogP contribution in [-0.2, 0) is 4.79 Å². The first-order valence-electron chi connectivity index (χ1n) is 6.65. The van der Waals surface area contributed by atoms with E-state index < -0.39 is 0 Å². The minimum atomic E-state index is -0.220. The van der Waals surface area contributed by atoms with Crippen molar-refractivity contribution in [3.63, 3.8) is 0 Å². The first-order chi connectivity index (χ1) is 9.11. The Kier molecular flexibility index (Phi) is 4.66. The summed E-state index contributed by atoms with van der Waals surface area (Å²) in [6.07, 6.45) is 0.774. The van der Waals surface area contributed by atoms with Crippen molar-refractivity contribution in [1.29, 1.82) is 0 Å². The third-order valence-electron chi connectivity index (χ3n) is 3.66. The fraction of sp³-hybridized carbons (Fsp3) is 0.500. The summed E-state index contributed by atoms with van der Waals surface area (Å²) in [6.45, 7) is 5.55. The predicted molar refractivity (Wildman–Crippen MR) is 78.5 cm³/mol. The number of amides is 1. The molecule has 1 aliphatic rings. The van der Waals surface area contributed by atoms with Crippen molar-refractivity contribution in [2.24, 2.45) is 5.73 Å². The number of benzene rings is 1. The summed E-state index contributed by atoms with van der Waals surface area (Å²) in [5, 5.41) is 0.752. The van der Waals surface area contributed by atoms with Crippen LogP contribution in [0.15, 0.2) is 24.3 Å². The number of piperazine rings is 1. The molecule has 5 heteroatoms. The van der Waals surface area contributed by atoms with E-state index in [1.165, 1.54) is 5.69 Å². The van der Waals surface area contributed by atoms with Gasteiger partial charge in [-0.3, -0.25) is 9.69 Å². The van der Waals surface area contributed by atoms with Crippen LogP contribution < -0.4 is 10.6 Å². The van der Waals surface area contributed by atoms with Crippen molar-refractivity contribution in [3.8, 4) is 0 Å². The van der Waals surface area contributed by atoms with Crippen LogP contribution in [-0.4, -0.2) is 43.0 Å². The molecule has 104 valence electrons. The van der Waals surface area contributed by atoms with E-state index in [1.807, 2.05) is 31.2 Å². The van der Waals surface area contributed by atoms with Crippen molar-refractivity contribution in [2.75, 3.05) is 31.1 Å². The number of carbonyl (C=O) groups excluding carboxylic acids is 1. The molecule has 1 heterocycles. The lowest BCUT2D eigenvalue weighted by Crippen LogP contribution is -2.54. The zero-order chi connectivity index (χ0) is 13.8. The van der Waals surface area contributed by atoms with Crippen LogP contribution in [0, 0.1) is 0 Å². The third kappa shape index (κ3) is 3.39. The summed E-state index contributed by atoms with van der Waals surface area (Å²) in [4.78, 5) is 15.9. The molecule has 1 fully saturated rings. The zero-order valence-corrected chi connectivity index (χ0v) is 11.9. The van der Waals surface area contributed by atoms with E-state index in [0.717, 1.165) is 37.6 Å². The minimum Gasteiger partial charge on any atom is -0.369 e. The highest BCUT2D eigenvalue weighted by Gasteiger charge is 2.26. The van der Waals surface area contributed by atoms with Gasteiger partial charge in [0, 0.05) is 36.9 Å². The van der Waals surface area contributed by atoms with Crippen LogP contribution in [0.3, 0.4) is 0 Å². The zero-order valence-electron chi connectivity index (χ0n) is 11.2. The number of hydrogen-bond donors (Lipinski definition) is 1. The van der Waals surface area contributed by atoms with Crippen molar-refractivity contribution < 1.29 is 4.79 Å². The largest absolute Gasteiger partial charge is 0.369 e. The van der Waals surface area contributed by atoms with Crippen molar-refractivity contribution in [2.45, 2.75) is 19.4 Å². The van der Waals surface area contributed by atoms with Gasteiger partial charge in [-0.05, 0) is 30.7 Å². The maximum absolute atomic E-state index is 11.4. The lowest BCUT2D eigenvalue weighted by Gasteiger charge is -2.38. The summed E-state index contributed by atoms with van der Waals surface area (Å²) in [6, 6.07) is 7.74. The second-order valence-corrected chi connectivity index (χ2v) is 5.26. The number of carbonyl (C=O) groups is 1. The average molecular weight is 282 g/mol. The molecule has 1 aromatic carbocycles. The number of nitrogens with zero attached hydrogens (tertiary/aromatic N) is 2. The highest BCUT2D eigenvalue weighted by atomic mass is 35.5. The second kappa shape index (κ2) is 6.26. The van der Waals surface area contributed by atoms with E-state index in [9.17, 15) is 4.79 Å². The van der Waals surface area contributed by atoms with Gasteiger partial charge in [-0.25, -0.2) is 0 Å². The average Bonchev–Trinajstić information content (AvgIpc) is 2.41. The Balaban J connectivity index is 1.95. The number of rotatable bonds is 4. The van der Waals surface area contributed by atoms with Gasteiger partial charge in [0.1, 0.15) is 0 Å². The van der Waals surface area contributed by atoms with Crippen molar-refractivity contribution >= 4 is 23.2 Å². The Labute approximate surface area is 119 Å². The normalized spacial score (nSPS) is 18.3. The molecule has 1 aromatic rings. The van der Waals surface area contributed by atoms with Crippen LogP contribution in [0.1, 0.15) is 13.3 Å². The molecule has 19 heavy (non-hydrogen) atoms. The van der Waals surface area contributed by atoms with Gasteiger partial charge >= 0.3 is 0 Å². The Bertz CT molecular complexity index is 427. The summed E-state index contributed by atoms with van der Waals surface area (Å²) in [7, 11) is 0.